The Hall–Kier alpha value is -1.71. The van der Waals surface area contributed by atoms with Crippen LogP contribution < -0.4 is 5.32 Å². The van der Waals surface area contributed by atoms with Crippen LogP contribution in [0.2, 0.25) is 0 Å². The average Bonchev–Trinajstić information content (AvgIpc) is 2.80. The number of aryl methyl sites for hydroxylation is 2. The minimum absolute atomic E-state index is 0.215. The third kappa shape index (κ3) is 4.38. The standard InChI is InChI=1S/C17H26N2O2/c1-12-6-7-13(2)15(10-12)18-14-8-9-19(11-14)16(20)21-17(3,4)5/h6-7,10,14,18H,8-9,11H2,1-5H3. The Bertz CT molecular complexity index is 520. The second kappa shape index (κ2) is 5.96. The molecule has 1 aliphatic rings. The first-order chi connectivity index (χ1) is 9.74. The van der Waals surface area contributed by atoms with Crippen LogP contribution in [0.5, 0.6) is 0 Å². The first kappa shape index (κ1) is 15.7. The lowest BCUT2D eigenvalue weighted by molar-refractivity contribution is 0.0293. The molecule has 0 aromatic heterocycles. The second-order valence-corrected chi connectivity index (χ2v) is 6.87. The maximum Gasteiger partial charge on any atom is 0.410 e. The number of nitrogens with one attached hydrogen (secondary N) is 1. The van der Waals surface area contributed by atoms with Gasteiger partial charge in [-0.2, -0.15) is 0 Å². The fourth-order valence-corrected chi connectivity index (χ4v) is 2.48. The Kier molecular flexibility index (Phi) is 4.45. The van der Waals surface area contributed by atoms with Gasteiger partial charge in [0, 0.05) is 24.8 Å². The molecule has 1 unspecified atom stereocenters. The smallest absolute Gasteiger partial charge is 0.410 e. The molecule has 1 aromatic carbocycles. The molecule has 4 nitrogen and oxygen atoms in total. The van der Waals surface area contributed by atoms with Crippen LogP contribution in [0.25, 0.3) is 0 Å². The van der Waals surface area contributed by atoms with Gasteiger partial charge in [0.1, 0.15) is 5.60 Å². The van der Waals surface area contributed by atoms with Crippen LogP contribution in [0.3, 0.4) is 0 Å². The van der Waals surface area contributed by atoms with E-state index < -0.39 is 5.60 Å². The van der Waals surface area contributed by atoms with E-state index in [0.717, 1.165) is 18.7 Å². The van der Waals surface area contributed by atoms with Gasteiger partial charge in [-0.3, -0.25) is 0 Å². The van der Waals surface area contributed by atoms with Crippen molar-refractivity contribution in [3.05, 3.63) is 29.3 Å². The molecule has 1 heterocycles. The number of amides is 1. The largest absolute Gasteiger partial charge is 0.444 e. The van der Waals surface area contributed by atoms with Crippen LogP contribution in [0.15, 0.2) is 18.2 Å². The van der Waals surface area contributed by atoms with E-state index in [-0.39, 0.29) is 12.1 Å². The van der Waals surface area contributed by atoms with Gasteiger partial charge in [0.25, 0.3) is 0 Å². The number of ether oxygens (including phenoxy) is 1. The summed E-state index contributed by atoms with van der Waals surface area (Å²) < 4.78 is 5.42. The summed E-state index contributed by atoms with van der Waals surface area (Å²) >= 11 is 0. The van der Waals surface area contributed by atoms with E-state index in [1.165, 1.54) is 11.1 Å². The van der Waals surface area contributed by atoms with Gasteiger partial charge in [0.2, 0.25) is 0 Å². The molecule has 1 aromatic rings. The molecule has 116 valence electrons. The summed E-state index contributed by atoms with van der Waals surface area (Å²) in [6.45, 7) is 11.3. The van der Waals surface area contributed by atoms with Gasteiger partial charge in [-0.25, -0.2) is 4.79 Å². The lowest BCUT2D eigenvalue weighted by atomic mass is 10.1. The summed E-state index contributed by atoms with van der Waals surface area (Å²) in [6, 6.07) is 6.68. The number of carbonyl (C=O) groups excluding carboxylic acids is 1. The third-order valence-corrected chi connectivity index (χ3v) is 3.59. The molecule has 0 aliphatic carbocycles. The Morgan fingerprint density at radius 2 is 2.05 bits per heavy atom. The molecule has 0 radical (unpaired) electrons. The van der Waals surface area contributed by atoms with E-state index in [9.17, 15) is 4.79 Å². The number of hydrogen-bond donors (Lipinski definition) is 1. The van der Waals surface area contributed by atoms with E-state index in [2.05, 4.69) is 37.4 Å². The summed E-state index contributed by atoms with van der Waals surface area (Å²) in [5.74, 6) is 0. The molecule has 1 saturated heterocycles. The van der Waals surface area contributed by atoms with Gasteiger partial charge >= 0.3 is 6.09 Å². The molecule has 0 spiro atoms. The maximum atomic E-state index is 12.1. The first-order valence-corrected chi connectivity index (χ1v) is 7.56. The lowest BCUT2D eigenvalue weighted by Crippen LogP contribution is -2.36. The van der Waals surface area contributed by atoms with Crippen molar-refractivity contribution >= 4 is 11.8 Å². The highest BCUT2D eigenvalue weighted by molar-refractivity contribution is 5.68. The van der Waals surface area contributed by atoms with Crippen LogP contribution in [0.1, 0.15) is 38.3 Å². The zero-order chi connectivity index (χ0) is 15.6. The average molecular weight is 290 g/mol. The van der Waals surface area contributed by atoms with Gasteiger partial charge < -0.3 is 15.0 Å². The predicted octanol–water partition coefficient (Wildman–Crippen LogP) is 3.72. The number of anilines is 1. The number of likely N-dealkylation sites (tertiary alicyclic amines) is 1. The Labute approximate surface area is 127 Å². The highest BCUT2D eigenvalue weighted by atomic mass is 16.6. The molecule has 0 bridgehead atoms. The zero-order valence-electron chi connectivity index (χ0n) is 13.7. The molecule has 1 aliphatic heterocycles. The number of hydrogen-bond acceptors (Lipinski definition) is 3. The molecule has 4 heteroatoms. The monoisotopic (exact) mass is 290 g/mol. The van der Waals surface area contributed by atoms with Gasteiger partial charge in [0.15, 0.2) is 0 Å². The van der Waals surface area contributed by atoms with Gasteiger partial charge in [-0.05, 0) is 58.2 Å². The number of rotatable bonds is 2. The second-order valence-electron chi connectivity index (χ2n) is 6.87. The SMILES string of the molecule is Cc1ccc(C)c(NC2CCN(C(=O)OC(C)(C)C)C2)c1. The number of carbonyl (C=O) groups is 1. The Morgan fingerprint density at radius 1 is 1.33 bits per heavy atom. The normalized spacial score (nSPS) is 18.7. The van der Waals surface area contributed by atoms with Crippen LogP contribution in [0, 0.1) is 13.8 Å². The van der Waals surface area contributed by atoms with Crippen LogP contribution in [0.4, 0.5) is 10.5 Å². The summed E-state index contributed by atoms with van der Waals surface area (Å²) in [4.78, 5) is 13.8. The van der Waals surface area contributed by atoms with E-state index in [1.54, 1.807) is 4.90 Å². The van der Waals surface area contributed by atoms with E-state index in [0.29, 0.717) is 6.54 Å². The van der Waals surface area contributed by atoms with Crippen molar-refractivity contribution in [2.75, 3.05) is 18.4 Å². The molecule has 0 saturated carbocycles. The molecule has 1 N–H and O–H groups in total. The van der Waals surface area contributed by atoms with Gasteiger partial charge in [0.05, 0.1) is 0 Å². The highest BCUT2D eigenvalue weighted by Crippen LogP contribution is 2.22. The molecule has 1 atom stereocenters. The number of nitrogens with zero attached hydrogens (tertiary/aromatic N) is 1. The predicted molar refractivity (Wildman–Crippen MR) is 85.8 cm³/mol. The first-order valence-electron chi connectivity index (χ1n) is 7.56. The highest BCUT2D eigenvalue weighted by Gasteiger charge is 2.29. The number of benzene rings is 1. The van der Waals surface area contributed by atoms with Crippen molar-refractivity contribution < 1.29 is 9.53 Å². The summed E-state index contributed by atoms with van der Waals surface area (Å²) in [7, 11) is 0. The van der Waals surface area contributed by atoms with E-state index >= 15 is 0 Å². The van der Waals surface area contributed by atoms with Crippen molar-refractivity contribution in [2.24, 2.45) is 0 Å². The fraction of sp³-hybridized carbons (Fsp3) is 0.588. The van der Waals surface area contributed by atoms with Crippen LogP contribution in [-0.4, -0.2) is 35.7 Å². The summed E-state index contributed by atoms with van der Waals surface area (Å²) in [5.41, 5.74) is 3.20. The Balaban J connectivity index is 1.93. The molecule has 2 rings (SSSR count). The summed E-state index contributed by atoms with van der Waals surface area (Å²) in [5, 5.41) is 3.55. The minimum Gasteiger partial charge on any atom is -0.444 e. The van der Waals surface area contributed by atoms with Gasteiger partial charge in [-0.15, -0.1) is 0 Å². The molecular weight excluding hydrogens is 264 g/mol. The van der Waals surface area contributed by atoms with E-state index in [4.69, 9.17) is 4.74 Å². The maximum absolute atomic E-state index is 12.1. The van der Waals surface area contributed by atoms with Crippen molar-refractivity contribution in [1.29, 1.82) is 0 Å². The van der Waals surface area contributed by atoms with Crippen molar-refractivity contribution in [3.63, 3.8) is 0 Å². The minimum atomic E-state index is -0.435. The third-order valence-electron chi connectivity index (χ3n) is 3.59. The molecule has 21 heavy (non-hydrogen) atoms. The quantitative estimate of drug-likeness (QED) is 0.902. The van der Waals surface area contributed by atoms with Crippen molar-refractivity contribution in [1.82, 2.24) is 4.90 Å². The van der Waals surface area contributed by atoms with Gasteiger partial charge in [-0.1, -0.05) is 12.1 Å². The van der Waals surface area contributed by atoms with Crippen molar-refractivity contribution in [2.45, 2.75) is 52.7 Å². The van der Waals surface area contributed by atoms with Crippen LogP contribution in [-0.2, 0) is 4.74 Å². The molecule has 1 amide bonds. The fourth-order valence-electron chi connectivity index (χ4n) is 2.48. The summed E-state index contributed by atoms with van der Waals surface area (Å²) in [6.07, 6.45) is 0.736. The zero-order valence-corrected chi connectivity index (χ0v) is 13.7. The molecule has 1 fully saturated rings. The molecular formula is C17H26N2O2. The lowest BCUT2D eigenvalue weighted by Gasteiger charge is -2.24. The topological polar surface area (TPSA) is 41.6 Å². The Morgan fingerprint density at radius 3 is 2.71 bits per heavy atom. The van der Waals surface area contributed by atoms with Crippen LogP contribution >= 0.6 is 0 Å². The van der Waals surface area contributed by atoms with E-state index in [1.807, 2.05) is 20.8 Å². The van der Waals surface area contributed by atoms with Crippen molar-refractivity contribution in [3.8, 4) is 0 Å².